The summed E-state index contributed by atoms with van der Waals surface area (Å²) in [6.07, 6.45) is 1.36. The van der Waals surface area contributed by atoms with Gasteiger partial charge in [0, 0.05) is 5.38 Å². The first kappa shape index (κ1) is 9.64. The van der Waals surface area contributed by atoms with Crippen molar-refractivity contribution in [3.63, 3.8) is 0 Å². The molecular formula is C8H4ClNO2S2. The summed E-state index contributed by atoms with van der Waals surface area (Å²) < 4.78 is 0. The molecule has 0 aliphatic rings. The summed E-state index contributed by atoms with van der Waals surface area (Å²) >= 11 is 8.35. The quantitative estimate of drug-likeness (QED) is 0.884. The van der Waals surface area contributed by atoms with E-state index < -0.39 is 5.97 Å². The minimum Gasteiger partial charge on any atom is -0.477 e. The van der Waals surface area contributed by atoms with Gasteiger partial charge < -0.3 is 5.11 Å². The van der Waals surface area contributed by atoms with Crippen LogP contribution in [0.1, 0.15) is 9.67 Å². The molecule has 2 rings (SSSR count). The number of nitrogens with zero attached hydrogens (tertiary/aromatic N) is 1. The van der Waals surface area contributed by atoms with E-state index in [1.165, 1.54) is 17.5 Å². The summed E-state index contributed by atoms with van der Waals surface area (Å²) in [4.78, 5) is 15.7. The summed E-state index contributed by atoms with van der Waals surface area (Å²) in [7, 11) is 0. The Balaban J connectivity index is 2.38. The molecule has 1 N–H and O–H groups in total. The Bertz CT molecular complexity index is 477. The number of aromatic carboxylic acids is 1. The van der Waals surface area contributed by atoms with Crippen molar-refractivity contribution in [1.29, 1.82) is 0 Å². The minimum atomic E-state index is -0.948. The molecule has 0 atom stereocenters. The van der Waals surface area contributed by atoms with E-state index in [1.807, 2.05) is 0 Å². The SMILES string of the molecule is O=C(O)c1cnc(-c2cc(Cl)cs2)s1. The maximum atomic E-state index is 10.6. The first-order valence-electron chi connectivity index (χ1n) is 3.60. The predicted octanol–water partition coefficient (Wildman–Crippen LogP) is 3.22. The molecule has 0 aliphatic heterocycles. The lowest BCUT2D eigenvalue weighted by molar-refractivity contribution is 0.0702. The van der Waals surface area contributed by atoms with Crippen LogP contribution in [0, 0.1) is 0 Å². The lowest BCUT2D eigenvalue weighted by Gasteiger charge is -1.85. The van der Waals surface area contributed by atoms with Crippen molar-refractivity contribution in [2.75, 3.05) is 0 Å². The van der Waals surface area contributed by atoms with Crippen LogP contribution >= 0.6 is 34.3 Å². The monoisotopic (exact) mass is 245 g/mol. The zero-order chi connectivity index (χ0) is 10.1. The van der Waals surface area contributed by atoms with Gasteiger partial charge in [-0.05, 0) is 6.07 Å². The van der Waals surface area contributed by atoms with E-state index in [-0.39, 0.29) is 4.88 Å². The van der Waals surface area contributed by atoms with Crippen molar-refractivity contribution < 1.29 is 9.90 Å². The van der Waals surface area contributed by atoms with Crippen LogP contribution in [0.15, 0.2) is 17.6 Å². The molecule has 2 aromatic rings. The third kappa shape index (κ3) is 1.79. The Labute approximate surface area is 92.6 Å². The fourth-order valence-corrected chi connectivity index (χ4v) is 2.81. The second-order valence-corrected chi connectivity index (χ2v) is 4.84. The highest BCUT2D eigenvalue weighted by Gasteiger charge is 2.11. The number of rotatable bonds is 2. The van der Waals surface area contributed by atoms with Gasteiger partial charge >= 0.3 is 5.97 Å². The van der Waals surface area contributed by atoms with Crippen molar-refractivity contribution in [1.82, 2.24) is 4.98 Å². The Morgan fingerprint density at radius 3 is 2.86 bits per heavy atom. The standard InChI is InChI=1S/C8H4ClNO2S2/c9-4-1-5(13-3-4)7-10-2-6(14-7)8(11)12/h1-3H,(H,11,12). The molecule has 2 heterocycles. The number of carbonyl (C=O) groups is 1. The lowest BCUT2D eigenvalue weighted by atomic mass is 10.5. The Morgan fingerprint density at radius 1 is 1.57 bits per heavy atom. The van der Waals surface area contributed by atoms with Gasteiger partial charge in [0.15, 0.2) is 0 Å². The van der Waals surface area contributed by atoms with Gasteiger partial charge in [-0.25, -0.2) is 9.78 Å². The van der Waals surface area contributed by atoms with Crippen LogP contribution in [-0.4, -0.2) is 16.1 Å². The molecule has 0 aromatic carbocycles. The highest BCUT2D eigenvalue weighted by Crippen LogP contribution is 2.32. The largest absolute Gasteiger partial charge is 0.477 e. The molecular weight excluding hydrogens is 242 g/mol. The van der Waals surface area contributed by atoms with Gasteiger partial charge in [0.05, 0.1) is 16.1 Å². The van der Waals surface area contributed by atoms with Crippen molar-refractivity contribution in [2.24, 2.45) is 0 Å². The highest BCUT2D eigenvalue weighted by atomic mass is 35.5. The fraction of sp³-hybridized carbons (Fsp3) is 0. The van der Waals surface area contributed by atoms with Crippen LogP contribution in [0.4, 0.5) is 0 Å². The minimum absolute atomic E-state index is 0.240. The number of hydrogen-bond acceptors (Lipinski definition) is 4. The van der Waals surface area contributed by atoms with Crippen LogP contribution < -0.4 is 0 Å². The van der Waals surface area contributed by atoms with Gasteiger partial charge in [0.2, 0.25) is 0 Å². The highest BCUT2D eigenvalue weighted by molar-refractivity contribution is 7.22. The summed E-state index contributed by atoms with van der Waals surface area (Å²) in [6, 6.07) is 1.77. The Morgan fingerprint density at radius 2 is 2.36 bits per heavy atom. The molecule has 0 spiro atoms. The lowest BCUT2D eigenvalue weighted by Crippen LogP contribution is -1.89. The van der Waals surface area contributed by atoms with Crippen molar-refractivity contribution in [3.05, 3.63) is 27.5 Å². The average molecular weight is 246 g/mol. The number of carboxylic acids is 1. The number of thiazole rings is 1. The number of aromatic nitrogens is 1. The van der Waals surface area contributed by atoms with Crippen LogP contribution in [0.5, 0.6) is 0 Å². The zero-order valence-corrected chi connectivity index (χ0v) is 9.12. The summed E-state index contributed by atoms with van der Waals surface area (Å²) in [5, 5.41) is 11.8. The van der Waals surface area contributed by atoms with Gasteiger partial charge in [-0.1, -0.05) is 11.6 Å². The molecule has 0 saturated carbocycles. The molecule has 0 amide bonds. The van der Waals surface area contributed by atoms with Crippen molar-refractivity contribution in [2.45, 2.75) is 0 Å². The maximum absolute atomic E-state index is 10.6. The summed E-state index contributed by atoms with van der Waals surface area (Å²) in [6.45, 7) is 0. The topological polar surface area (TPSA) is 50.2 Å². The smallest absolute Gasteiger partial charge is 0.347 e. The van der Waals surface area contributed by atoms with E-state index >= 15 is 0 Å². The molecule has 0 aliphatic carbocycles. The molecule has 0 fully saturated rings. The molecule has 14 heavy (non-hydrogen) atoms. The van der Waals surface area contributed by atoms with Crippen LogP contribution in [0.2, 0.25) is 5.02 Å². The van der Waals surface area contributed by atoms with Crippen LogP contribution in [0.3, 0.4) is 0 Å². The van der Waals surface area contributed by atoms with Gasteiger partial charge in [0.25, 0.3) is 0 Å². The third-order valence-electron chi connectivity index (χ3n) is 1.49. The van der Waals surface area contributed by atoms with E-state index in [1.54, 1.807) is 11.4 Å². The van der Waals surface area contributed by atoms with Gasteiger partial charge in [-0.2, -0.15) is 0 Å². The van der Waals surface area contributed by atoms with E-state index in [9.17, 15) is 4.79 Å². The van der Waals surface area contributed by atoms with Crippen LogP contribution in [-0.2, 0) is 0 Å². The predicted molar refractivity (Wildman–Crippen MR) is 57.4 cm³/mol. The molecule has 3 nitrogen and oxygen atoms in total. The van der Waals surface area contributed by atoms with Crippen molar-refractivity contribution in [3.8, 4) is 9.88 Å². The van der Waals surface area contributed by atoms with Gasteiger partial charge in [0.1, 0.15) is 9.88 Å². The fourth-order valence-electron chi connectivity index (χ4n) is 0.912. The molecule has 0 unspecified atom stereocenters. The molecule has 2 aromatic heterocycles. The number of halogens is 1. The molecule has 0 radical (unpaired) electrons. The van der Waals surface area contributed by atoms with E-state index in [0.29, 0.717) is 10.0 Å². The molecule has 72 valence electrons. The first-order chi connectivity index (χ1) is 6.66. The molecule has 6 heteroatoms. The third-order valence-corrected chi connectivity index (χ3v) is 3.93. The van der Waals surface area contributed by atoms with Gasteiger partial charge in [-0.3, -0.25) is 0 Å². The number of carboxylic acid groups (broad SMARTS) is 1. The summed E-state index contributed by atoms with van der Waals surface area (Å²) in [5.74, 6) is -0.948. The van der Waals surface area contributed by atoms with E-state index in [4.69, 9.17) is 16.7 Å². The second kappa shape index (κ2) is 3.68. The maximum Gasteiger partial charge on any atom is 0.347 e. The molecule has 0 saturated heterocycles. The second-order valence-electron chi connectivity index (χ2n) is 2.46. The van der Waals surface area contributed by atoms with Crippen molar-refractivity contribution >= 4 is 40.2 Å². The van der Waals surface area contributed by atoms with Crippen LogP contribution in [0.25, 0.3) is 9.88 Å². The normalized spacial score (nSPS) is 10.4. The average Bonchev–Trinajstić information content (AvgIpc) is 2.70. The summed E-state index contributed by atoms with van der Waals surface area (Å²) in [5.41, 5.74) is 0. The number of thiophene rings is 1. The Hall–Kier alpha value is -0.910. The van der Waals surface area contributed by atoms with Gasteiger partial charge in [-0.15, -0.1) is 22.7 Å². The van der Waals surface area contributed by atoms with E-state index in [2.05, 4.69) is 4.98 Å². The zero-order valence-electron chi connectivity index (χ0n) is 6.73. The first-order valence-corrected chi connectivity index (χ1v) is 5.68. The molecule has 0 bridgehead atoms. The Kier molecular flexibility index (Phi) is 2.54. The number of hydrogen-bond donors (Lipinski definition) is 1. The van der Waals surface area contributed by atoms with E-state index in [0.717, 1.165) is 16.2 Å².